The van der Waals surface area contributed by atoms with E-state index in [0.717, 1.165) is 38.8 Å². The maximum atomic E-state index is 11.6. The van der Waals surface area contributed by atoms with Gasteiger partial charge in [0.25, 0.3) is 0 Å². The third-order valence-corrected chi connectivity index (χ3v) is 5.50. The number of nitrogens with zero attached hydrogens (tertiary/aromatic N) is 1. The minimum Gasteiger partial charge on any atom is -0.480 e. The Labute approximate surface area is 122 Å². The van der Waals surface area contributed by atoms with Gasteiger partial charge in [-0.05, 0) is 70.5 Å². The van der Waals surface area contributed by atoms with E-state index >= 15 is 0 Å². The monoisotopic (exact) mass is 282 g/mol. The van der Waals surface area contributed by atoms with Crippen molar-refractivity contribution in [1.82, 2.24) is 10.2 Å². The van der Waals surface area contributed by atoms with Gasteiger partial charge in [-0.1, -0.05) is 13.8 Å². The number of likely N-dealkylation sites (tertiary alicyclic amines) is 1. The molecular formula is C16H30N2O2. The van der Waals surface area contributed by atoms with E-state index in [9.17, 15) is 9.90 Å². The number of likely N-dealkylation sites (N-methyl/N-ethyl adjacent to an activating group) is 1. The lowest BCUT2D eigenvalue weighted by atomic mass is 9.78. The van der Waals surface area contributed by atoms with Crippen LogP contribution in [0, 0.1) is 5.41 Å². The Morgan fingerprint density at radius 1 is 1.20 bits per heavy atom. The third kappa shape index (κ3) is 3.34. The number of aliphatic carboxylic acids is 1. The molecule has 0 aromatic heterocycles. The van der Waals surface area contributed by atoms with Gasteiger partial charge in [0, 0.05) is 6.04 Å². The molecule has 1 aliphatic carbocycles. The van der Waals surface area contributed by atoms with E-state index in [0.29, 0.717) is 11.5 Å². The molecule has 4 heteroatoms. The van der Waals surface area contributed by atoms with Gasteiger partial charge >= 0.3 is 5.97 Å². The van der Waals surface area contributed by atoms with Gasteiger partial charge in [-0.3, -0.25) is 4.79 Å². The van der Waals surface area contributed by atoms with Crippen LogP contribution in [0.2, 0.25) is 0 Å². The van der Waals surface area contributed by atoms with E-state index in [1.807, 2.05) is 0 Å². The third-order valence-electron chi connectivity index (χ3n) is 5.50. The summed E-state index contributed by atoms with van der Waals surface area (Å²) in [6, 6.07) is 0.432. The van der Waals surface area contributed by atoms with Crippen molar-refractivity contribution in [2.75, 3.05) is 20.1 Å². The molecule has 2 atom stereocenters. The van der Waals surface area contributed by atoms with Crippen LogP contribution in [0.4, 0.5) is 0 Å². The SMILES string of the molecule is CNC1(C(=O)O)CCCC(N2CCCC(C)(C)CC2)C1. The van der Waals surface area contributed by atoms with Crippen LogP contribution in [-0.2, 0) is 4.79 Å². The molecule has 2 unspecified atom stereocenters. The number of rotatable bonds is 3. The second-order valence-corrected chi connectivity index (χ2v) is 7.44. The highest BCUT2D eigenvalue weighted by Crippen LogP contribution is 2.35. The zero-order valence-corrected chi connectivity index (χ0v) is 13.2. The van der Waals surface area contributed by atoms with E-state index < -0.39 is 11.5 Å². The Balaban J connectivity index is 2.03. The summed E-state index contributed by atoms with van der Waals surface area (Å²) in [7, 11) is 1.79. The van der Waals surface area contributed by atoms with Gasteiger partial charge in [0.1, 0.15) is 5.54 Å². The molecule has 1 aliphatic heterocycles. The molecule has 0 aromatic carbocycles. The van der Waals surface area contributed by atoms with Gasteiger partial charge in [-0.2, -0.15) is 0 Å². The van der Waals surface area contributed by atoms with Gasteiger partial charge in [-0.15, -0.1) is 0 Å². The summed E-state index contributed by atoms with van der Waals surface area (Å²) in [5.41, 5.74) is -0.263. The molecule has 0 spiro atoms. The molecule has 0 bridgehead atoms. The molecule has 1 saturated carbocycles. The highest BCUT2D eigenvalue weighted by atomic mass is 16.4. The fraction of sp³-hybridized carbons (Fsp3) is 0.938. The number of carbonyl (C=O) groups is 1. The first-order valence-electron chi connectivity index (χ1n) is 8.05. The normalized spacial score (nSPS) is 35.5. The largest absolute Gasteiger partial charge is 0.480 e. The van der Waals surface area contributed by atoms with Crippen LogP contribution in [0.3, 0.4) is 0 Å². The zero-order valence-electron chi connectivity index (χ0n) is 13.2. The van der Waals surface area contributed by atoms with Crippen molar-refractivity contribution in [3.05, 3.63) is 0 Å². The molecular weight excluding hydrogens is 252 g/mol. The maximum absolute atomic E-state index is 11.6. The summed E-state index contributed by atoms with van der Waals surface area (Å²) in [5, 5.41) is 12.7. The zero-order chi connectivity index (χ0) is 14.8. The van der Waals surface area contributed by atoms with Gasteiger partial charge in [0.2, 0.25) is 0 Å². The summed E-state index contributed by atoms with van der Waals surface area (Å²) in [5.74, 6) is -0.681. The minimum absolute atomic E-state index is 0.432. The van der Waals surface area contributed by atoms with Crippen LogP contribution in [-0.4, -0.2) is 47.7 Å². The average Bonchev–Trinajstić information content (AvgIpc) is 2.59. The highest BCUT2D eigenvalue weighted by molar-refractivity contribution is 5.79. The Morgan fingerprint density at radius 3 is 2.60 bits per heavy atom. The lowest BCUT2D eigenvalue weighted by Crippen LogP contribution is -2.57. The van der Waals surface area contributed by atoms with Gasteiger partial charge in [0.15, 0.2) is 0 Å². The number of nitrogens with one attached hydrogen (secondary N) is 1. The molecule has 20 heavy (non-hydrogen) atoms. The second kappa shape index (κ2) is 6.02. The van der Waals surface area contributed by atoms with E-state index in [-0.39, 0.29) is 0 Å². The van der Waals surface area contributed by atoms with Crippen molar-refractivity contribution >= 4 is 5.97 Å². The van der Waals surface area contributed by atoms with Gasteiger partial charge in [-0.25, -0.2) is 0 Å². The Kier molecular flexibility index (Phi) is 4.75. The Morgan fingerprint density at radius 2 is 1.95 bits per heavy atom. The topological polar surface area (TPSA) is 52.6 Å². The van der Waals surface area contributed by atoms with Gasteiger partial charge < -0.3 is 15.3 Å². The number of carboxylic acids is 1. The molecule has 2 aliphatic rings. The van der Waals surface area contributed by atoms with Crippen molar-refractivity contribution in [3.63, 3.8) is 0 Å². The predicted molar refractivity (Wildman–Crippen MR) is 80.9 cm³/mol. The molecule has 0 amide bonds. The molecule has 2 N–H and O–H groups in total. The predicted octanol–water partition coefficient (Wildman–Crippen LogP) is 2.48. The van der Waals surface area contributed by atoms with E-state index in [2.05, 4.69) is 24.1 Å². The summed E-state index contributed by atoms with van der Waals surface area (Å²) in [6.07, 6.45) is 7.42. The quantitative estimate of drug-likeness (QED) is 0.835. The van der Waals surface area contributed by atoms with Crippen molar-refractivity contribution in [1.29, 1.82) is 0 Å². The van der Waals surface area contributed by atoms with Crippen LogP contribution in [0.1, 0.15) is 58.8 Å². The highest BCUT2D eigenvalue weighted by Gasteiger charge is 2.43. The smallest absolute Gasteiger partial charge is 0.323 e. The first kappa shape index (κ1) is 15.8. The van der Waals surface area contributed by atoms with Crippen LogP contribution in [0.5, 0.6) is 0 Å². The maximum Gasteiger partial charge on any atom is 0.323 e. The lowest BCUT2D eigenvalue weighted by Gasteiger charge is -2.42. The molecule has 0 radical (unpaired) electrons. The Bertz CT molecular complexity index is 356. The van der Waals surface area contributed by atoms with Crippen molar-refractivity contribution in [3.8, 4) is 0 Å². The molecule has 4 nitrogen and oxygen atoms in total. The summed E-state index contributed by atoms with van der Waals surface area (Å²) >= 11 is 0. The number of hydrogen-bond acceptors (Lipinski definition) is 3. The van der Waals surface area contributed by atoms with E-state index in [4.69, 9.17) is 0 Å². The van der Waals surface area contributed by atoms with Crippen LogP contribution < -0.4 is 5.32 Å². The van der Waals surface area contributed by atoms with Crippen LogP contribution >= 0.6 is 0 Å². The molecule has 2 rings (SSSR count). The number of hydrogen-bond donors (Lipinski definition) is 2. The summed E-state index contributed by atoms with van der Waals surface area (Å²) in [6.45, 7) is 6.96. The fourth-order valence-electron chi connectivity index (χ4n) is 3.89. The van der Waals surface area contributed by atoms with E-state index in [1.54, 1.807) is 7.05 Å². The molecule has 1 saturated heterocycles. The van der Waals surface area contributed by atoms with Gasteiger partial charge in [0.05, 0.1) is 0 Å². The van der Waals surface area contributed by atoms with Crippen molar-refractivity contribution in [2.45, 2.75) is 70.4 Å². The fourth-order valence-corrected chi connectivity index (χ4v) is 3.89. The first-order valence-corrected chi connectivity index (χ1v) is 8.05. The van der Waals surface area contributed by atoms with Crippen molar-refractivity contribution < 1.29 is 9.90 Å². The standard InChI is InChI=1S/C16H30N2O2/c1-15(2)7-5-10-18(11-9-15)13-6-4-8-16(12-13,17-3)14(19)20/h13,17H,4-12H2,1-3H3,(H,19,20). The Hall–Kier alpha value is -0.610. The van der Waals surface area contributed by atoms with Crippen LogP contribution in [0.25, 0.3) is 0 Å². The average molecular weight is 282 g/mol. The first-order chi connectivity index (χ1) is 9.38. The molecule has 116 valence electrons. The lowest BCUT2D eigenvalue weighted by molar-refractivity contribution is -0.147. The molecule has 1 heterocycles. The number of carboxylic acid groups (broad SMARTS) is 1. The summed E-state index contributed by atoms with van der Waals surface area (Å²) < 4.78 is 0. The van der Waals surface area contributed by atoms with E-state index in [1.165, 1.54) is 19.3 Å². The summed E-state index contributed by atoms with van der Waals surface area (Å²) in [4.78, 5) is 14.2. The minimum atomic E-state index is -0.704. The second-order valence-electron chi connectivity index (χ2n) is 7.44. The molecule has 2 fully saturated rings. The molecule has 0 aromatic rings. The van der Waals surface area contributed by atoms with Crippen LogP contribution in [0.15, 0.2) is 0 Å². The van der Waals surface area contributed by atoms with Crippen molar-refractivity contribution in [2.24, 2.45) is 5.41 Å².